The first-order valence-electron chi connectivity index (χ1n) is 3.51. The summed E-state index contributed by atoms with van der Waals surface area (Å²) in [6.07, 6.45) is 0. The first kappa shape index (κ1) is 7.75. The van der Waals surface area contributed by atoms with E-state index in [2.05, 4.69) is 44.3 Å². The predicted octanol–water partition coefficient (Wildman–Crippen LogP) is 2.11. The van der Waals surface area contributed by atoms with Crippen molar-refractivity contribution in [2.24, 2.45) is 0 Å². The number of rotatable bonds is 1. The monoisotopic (exact) mass is 153 g/mol. The molecular formula is C9H14P. The molecule has 1 rings (SSSR count). The average Bonchev–Trinajstić information content (AvgIpc) is 1.88. The van der Waals surface area contributed by atoms with Crippen LogP contribution < -0.4 is 5.30 Å². The van der Waals surface area contributed by atoms with Crippen molar-refractivity contribution in [1.82, 2.24) is 0 Å². The molecule has 0 spiro atoms. The van der Waals surface area contributed by atoms with Crippen molar-refractivity contribution in [1.29, 1.82) is 0 Å². The molecule has 1 aromatic carbocycles. The number of benzene rings is 1. The third-order valence-corrected chi connectivity index (χ3v) is 3.45. The number of hydrogen-bond acceptors (Lipinski definition) is 0. The topological polar surface area (TPSA) is 0 Å². The normalized spacial score (nSPS) is 13.1. The Morgan fingerprint density at radius 2 is 1.60 bits per heavy atom. The summed E-state index contributed by atoms with van der Waals surface area (Å²) < 4.78 is 0. The molecular weight excluding hydrogens is 139 g/mol. The van der Waals surface area contributed by atoms with E-state index in [1.165, 1.54) is 5.30 Å². The van der Waals surface area contributed by atoms with E-state index < -0.39 is 7.26 Å². The molecule has 1 aromatic rings. The van der Waals surface area contributed by atoms with Crippen LogP contribution in [0.3, 0.4) is 0 Å². The first-order chi connectivity index (χ1) is 4.61. The average molecular weight is 153 g/mol. The Morgan fingerprint density at radius 1 is 1.10 bits per heavy atom. The first-order valence-corrected chi connectivity index (χ1v) is 6.72. The molecule has 0 aromatic heterocycles. The van der Waals surface area contributed by atoms with Gasteiger partial charge in [-0.2, -0.15) is 0 Å². The Bertz CT molecular complexity index is 196. The quantitative estimate of drug-likeness (QED) is 0.542. The van der Waals surface area contributed by atoms with Gasteiger partial charge in [-0.1, -0.05) is 0 Å². The fourth-order valence-electron chi connectivity index (χ4n) is 0.889. The Kier molecular flexibility index (Phi) is 2.11. The van der Waals surface area contributed by atoms with Crippen molar-refractivity contribution in [3.8, 4) is 0 Å². The third kappa shape index (κ3) is 1.82. The fraction of sp³-hybridized carbons (Fsp3) is 0.222. The van der Waals surface area contributed by atoms with Crippen molar-refractivity contribution in [2.75, 3.05) is 13.3 Å². The zero-order valence-corrected chi connectivity index (χ0v) is 7.59. The van der Waals surface area contributed by atoms with Gasteiger partial charge in [-0.15, -0.1) is 0 Å². The molecule has 1 heteroatoms. The standard InChI is InChI=1S/C9H14P/c1-10(2,3)9-7-5-4-6-8-9/h4-8,10H,1H2,2-3H3. The summed E-state index contributed by atoms with van der Waals surface area (Å²) in [5.41, 5.74) is 0. The van der Waals surface area contributed by atoms with E-state index in [1.54, 1.807) is 0 Å². The Balaban J connectivity index is 2.97. The van der Waals surface area contributed by atoms with Gasteiger partial charge in [0.15, 0.2) is 0 Å². The molecule has 0 saturated heterocycles. The van der Waals surface area contributed by atoms with Crippen molar-refractivity contribution < 1.29 is 0 Å². The maximum atomic E-state index is 4.18. The van der Waals surface area contributed by atoms with Gasteiger partial charge in [-0.3, -0.25) is 0 Å². The Morgan fingerprint density at radius 3 is 1.90 bits per heavy atom. The minimum absolute atomic E-state index is 1.28. The summed E-state index contributed by atoms with van der Waals surface area (Å²) in [5.74, 6) is 0. The Labute approximate surface area is 63.6 Å². The van der Waals surface area contributed by atoms with Gasteiger partial charge in [-0.25, -0.2) is 0 Å². The van der Waals surface area contributed by atoms with E-state index in [4.69, 9.17) is 0 Å². The van der Waals surface area contributed by atoms with E-state index in [0.717, 1.165) is 0 Å². The summed E-state index contributed by atoms with van der Waals surface area (Å²) in [4.78, 5) is 0. The fourth-order valence-corrected chi connectivity index (χ4v) is 1.98. The molecule has 0 saturated carbocycles. The van der Waals surface area contributed by atoms with E-state index >= 15 is 0 Å². The van der Waals surface area contributed by atoms with Crippen molar-refractivity contribution in [2.45, 2.75) is 0 Å². The van der Waals surface area contributed by atoms with Crippen LogP contribution in [0.1, 0.15) is 0 Å². The second-order valence-electron chi connectivity index (χ2n) is 3.25. The molecule has 0 amide bonds. The molecule has 10 heavy (non-hydrogen) atoms. The van der Waals surface area contributed by atoms with Crippen LogP contribution in [0.5, 0.6) is 0 Å². The van der Waals surface area contributed by atoms with Crippen molar-refractivity contribution in [3.63, 3.8) is 0 Å². The van der Waals surface area contributed by atoms with Gasteiger partial charge in [0.25, 0.3) is 0 Å². The molecule has 0 nitrogen and oxygen atoms in total. The van der Waals surface area contributed by atoms with Crippen LogP contribution in [-0.4, -0.2) is 13.3 Å². The van der Waals surface area contributed by atoms with Gasteiger partial charge in [-0.05, 0) is 0 Å². The summed E-state index contributed by atoms with van der Waals surface area (Å²) in [6.45, 7) is 8.68. The van der Waals surface area contributed by atoms with Crippen LogP contribution in [0.15, 0.2) is 30.3 Å². The van der Waals surface area contributed by atoms with Gasteiger partial charge in [0.2, 0.25) is 0 Å². The van der Waals surface area contributed by atoms with E-state index in [1.807, 2.05) is 6.07 Å². The second kappa shape index (κ2) is 2.72. The second-order valence-corrected chi connectivity index (χ2v) is 7.60. The van der Waals surface area contributed by atoms with Crippen LogP contribution in [0.2, 0.25) is 0 Å². The predicted molar refractivity (Wildman–Crippen MR) is 51.6 cm³/mol. The minimum atomic E-state index is -1.28. The van der Waals surface area contributed by atoms with Crippen LogP contribution in [0.4, 0.5) is 0 Å². The van der Waals surface area contributed by atoms with Crippen LogP contribution in [0, 0.1) is 6.66 Å². The van der Waals surface area contributed by atoms with Gasteiger partial charge in [0, 0.05) is 0 Å². The van der Waals surface area contributed by atoms with Gasteiger partial charge in [0.05, 0.1) is 0 Å². The maximum absolute atomic E-state index is 4.18. The zero-order chi connectivity index (χ0) is 7.61. The van der Waals surface area contributed by atoms with E-state index in [0.29, 0.717) is 0 Å². The van der Waals surface area contributed by atoms with Crippen LogP contribution in [0.25, 0.3) is 0 Å². The molecule has 0 aliphatic carbocycles. The van der Waals surface area contributed by atoms with Crippen molar-refractivity contribution in [3.05, 3.63) is 37.0 Å². The molecule has 55 valence electrons. The van der Waals surface area contributed by atoms with Gasteiger partial charge >= 0.3 is 62.9 Å². The zero-order valence-electron chi connectivity index (χ0n) is 6.59. The molecule has 0 fully saturated rings. The molecule has 0 unspecified atom stereocenters. The molecule has 0 aliphatic heterocycles. The summed E-state index contributed by atoms with van der Waals surface area (Å²) in [5, 5.41) is 1.43. The summed E-state index contributed by atoms with van der Waals surface area (Å²) in [7, 11) is -1.28. The summed E-state index contributed by atoms with van der Waals surface area (Å²) >= 11 is 0. The van der Waals surface area contributed by atoms with Gasteiger partial charge < -0.3 is 0 Å². The van der Waals surface area contributed by atoms with Crippen LogP contribution >= 0.6 is 7.26 Å². The molecule has 0 heterocycles. The Hall–Kier alpha value is -0.350. The molecule has 0 bridgehead atoms. The number of hydrogen-bond donors (Lipinski definition) is 0. The molecule has 0 aliphatic rings. The van der Waals surface area contributed by atoms with E-state index in [-0.39, 0.29) is 0 Å². The summed E-state index contributed by atoms with van der Waals surface area (Å²) in [6, 6.07) is 10.5. The van der Waals surface area contributed by atoms with Gasteiger partial charge in [0.1, 0.15) is 0 Å². The third-order valence-electron chi connectivity index (χ3n) is 1.56. The van der Waals surface area contributed by atoms with E-state index in [9.17, 15) is 0 Å². The SMILES string of the molecule is [CH2][PH](C)(C)c1ccccc1. The molecule has 1 radical (unpaired) electrons. The van der Waals surface area contributed by atoms with Crippen molar-refractivity contribution >= 4 is 12.6 Å². The van der Waals surface area contributed by atoms with Crippen LogP contribution in [-0.2, 0) is 0 Å². The molecule has 0 atom stereocenters. The molecule has 0 N–H and O–H groups in total.